The summed E-state index contributed by atoms with van der Waals surface area (Å²) in [7, 11) is 0. The van der Waals surface area contributed by atoms with Crippen molar-refractivity contribution in [1.82, 2.24) is 4.90 Å². The first-order valence-corrected chi connectivity index (χ1v) is 7.52. The Morgan fingerprint density at radius 2 is 2.06 bits per heavy atom. The summed E-state index contributed by atoms with van der Waals surface area (Å²) in [6.45, 7) is 7.77. The normalized spacial score (nSPS) is 22.0. The van der Waals surface area contributed by atoms with E-state index < -0.39 is 0 Å². The second-order valence-corrected chi connectivity index (χ2v) is 6.40. The van der Waals surface area contributed by atoms with E-state index in [1.54, 1.807) is 11.8 Å². The number of nitrogens with zero attached hydrogens (tertiary/aromatic N) is 2. The van der Waals surface area contributed by atoms with Gasteiger partial charge in [-0.2, -0.15) is 11.8 Å². The molecule has 0 aromatic heterocycles. The first-order chi connectivity index (χ1) is 8.04. The van der Waals surface area contributed by atoms with Crippen molar-refractivity contribution in [2.24, 2.45) is 16.8 Å². The summed E-state index contributed by atoms with van der Waals surface area (Å²) in [6, 6.07) is 0. The van der Waals surface area contributed by atoms with E-state index in [2.05, 4.69) is 23.9 Å². The second kappa shape index (κ2) is 6.50. The average molecular weight is 259 g/mol. The fourth-order valence-electron chi connectivity index (χ4n) is 2.23. The van der Waals surface area contributed by atoms with Gasteiger partial charge < -0.3 is 15.8 Å². The molecule has 0 atom stereocenters. The topological polar surface area (TPSA) is 61.9 Å². The standard InChI is InChI=1S/C12H25N3OS/c1-10(2)4-7-15-8-5-12(17-3,6-9-15)11(13)14-16/h10,16H,4-9H2,1-3H3,(H2,13,14). The summed E-state index contributed by atoms with van der Waals surface area (Å²) < 4.78 is -0.150. The van der Waals surface area contributed by atoms with E-state index in [4.69, 9.17) is 10.9 Å². The number of likely N-dealkylation sites (tertiary alicyclic amines) is 1. The smallest absolute Gasteiger partial charge is 0.155 e. The Hall–Kier alpha value is -0.420. The van der Waals surface area contributed by atoms with Gasteiger partial charge in [0.2, 0.25) is 0 Å². The van der Waals surface area contributed by atoms with Crippen LogP contribution in [0.25, 0.3) is 0 Å². The molecule has 4 nitrogen and oxygen atoms in total. The third kappa shape index (κ3) is 3.78. The van der Waals surface area contributed by atoms with E-state index in [1.165, 1.54) is 6.42 Å². The molecule has 1 fully saturated rings. The summed E-state index contributed by atoms with van der Waals surface area (Å²) in [5.41, 5.74) is 5.82. The molecule has 0 amide bonds. The van der Waals surface area contributed by atoms with Crippen LogP contribution in [0.4, 0.5) is 0 Å². The summed E-state index contributed by atoms with van der Waals surface area (Å²) in [6.07, 6.45) is 5.24. The van der Waals surface area contributed by atoms with Gasteiger partial charge in [0, 0.05) is 0 Å². The van der Waals surface area contributed by atoms with Crippen LogP contribution in [-0.2, 0) is 0 Å². The van der Waals surface area contributed by atoms with Crippen LogP contribution in [0, 0.1) is 5.92 Å². The SMILES string of the molecule is CSC1(C(N)=NO)CCN(CCC(C)C)CC1. The second-order valence-electron chi connectivity index (χ2n) is 5.21. The number of amidine groups is 1. The maximum atomic E-state index is 8.86. The molecular weight excluding hydrogens is 234 g/mol. The predicted molar refractivity (Wildman–Crippen MR) is 74.8 cm³/mol. The zero-order chi connectivity index (χ0) is 12.9. The van der Waals surface area contributed by atoms with Crippen molar-refractivity contribution in [2.75, 3.05) is 25.9 Å². The van der Waals surface area contributed by atoms with Crippen LogP contribution in [0.1, 0.15) is 33.1 Å². The molecule has 0 aliphatic carbocycles. The number of piperidine rings is 1. The molecule has 3 N–H and O–H groups in total. The van der Waals surface area contributed by atoms with Crippen LogP contribution >= 0.6 is 11.8 Å². The Kier molecular flexibility index (Phi) is 5.59. The highest BCUT2D eigenvalue weighted by atomic mass is 32.2. The van der Waals surface area contributed by atoms with Gasteiger partial charge in [-0.25, -0.2) is 0 Å². The fourth-order valence-corrected chi connectivity index (χ4v) is 3.08. The molecule has 0 spiro atoms. The maximum absolute atomic E-state index is 8.86. The largest absolute Gasteiger partial charge is 0.409 e. The highest BCUT2D eigenvalue weighted by molar-refractivity contribution is 8.00. The lowest BCUT2D eigenvalue weighted by molar-refractivity contribution is 0.207. The minimum absolute atomic E-state index is 0.150. The summed E-state index contributed by atoms with van der Waals surface area (Å²) in [5, 5.41) is 12.1. The monoisotopic (exact) mass is 259 g/mol. The molecular formula is C12H25N3OS. The zero-order valence-electron chi connectivity index (χ0n) is 11.1. The predicted octanol–water partition coefficient (Wildman–Crippen LogP) is 1.98. The first kappa shape index (κ1) is 14.6. The Morgan fingerprint density at radius 1 is 1.47 bits per heavy atom. The van der Waals surface area contributed by atoms with Crippen molar-refractivity contribution >= 4 is 17.6 Å². The van der Waals surface area contributed by atoms with Crippen molar-refractivity contribution < 1.29 is 5.21 Å². The molecule has 0 radical (unpaired) electrons. The molecule has 1 saturated heterocycles. The summed E-state index contributed by atoms with van der Waals surface area (Å²) >= 11 is 1.71. The van der Waals surface area contributed by atoms with Gasteiger partial charge in [0.25, 0.3) is 0 Å². The quantitative estimate of drug-likeness (QED) is 0.343. The summed E-state index contributed by atoms with van der Waals surface area (Å²) in [4.78, 5) is 2.49. The molecule has 0 bridgehead atoms. The van der Waals surface area contributed by atoms with Gasteiger partial charge in [0.1, 0.15) is 0 Å². The molecule has 1 heterocycles. The molecule has 0 saturated carbocycles. The molecule has 1 aliphatic rings. The van der Waals surface area contributed by atoms with Gasteiger partial charge in [0.15, 0.2) is 5.84 Å². The van der Waals surface area contributed by atoms with Crippen LogP contribution < -0.4 is 5.73 Å². The van der Waals surface area contributed by atoms with Gasteiger partial charge in [-0.15, -0.1) is 0 Å². The van der Waals surface area contributed by atoms with Gasteiger partial charge in [0.05, 0.1) is 4.75 Å². The van der Waals surface area contributed by atoms with Crippen LogP contribution in [0.2, 0.25) is 0 Å². The first-order valence-electron chi connectivity index (χ1n) is 6.29. The van der Waals surface area contributed by atoms with Crippen LogP contribution in [0.3, 0.4) is 0 Å². The minimum atomic E-state index is -0.150. The number of hydrogen-bond donors (Lipinski definition) is 2. The lowest BCUT2D eigenvalue weighted by Crippen LogP contribution is -2.50. The molecule has 5 heteroatoms. The van der Waals surface area contributed by atoms with Crippen molar-refractivity contribution in [3.8, 4) is 0 Å². The van der Waals surface area contributed by atoms with Gasteiger partial charge >= 0.3 is 0 Å². The third-order valence-electron chi connectivity index (χ3n) is 3.65. The van der Waals surface area contributed by atoms with Crippen molar-refractivity contribution in [3.05, 3.63) is 0 Å². The molecule has 0 aromatic rings. The fraction of sp³-hybridized carbons (Fsp3) is 0.917. The minimum Gasteiger partial charge on any atom is -0.409 e. The molecule has 17 heavy (non-hydrogen) atoms. The van der Waals surface area contributed by atoms with E-state index in [1.807, 2.05) is 6.26 Å². The Labute approximate surface area is 109 Å². The lowest BCUT2D eigenvalue weighted by atomic mass is 9.94. The number of oxime groups is 1. The van der Waals surface area contributed by atoms with E-state index in [0.717, 1.165) is 38.4 Å². The number of rotatable bonds is 5. The van der Waals surface area contributed by atoms with Crippen molar-refractivity contribution in [1.29, 1.82) is 0 Å². The molecule has 0 unspecified atom stereocenters. The van der Waals surface area contributed by atoms with E-state index in [0.29, 0.717) is 5.84 Å². The lowest BCUT2D eigenvalue weighted by Gasteiger charge is -2.39. The van der Waals surface area contributed by atoms with Gasteiger partial charge in [-0.3, -0.25) is 0 Å². The Balaban J connectivity index is 2.48. The van der Waals surface area contributed by atoms with Crippen LogP contribution in [0.5, 0.6) is 0 Å². The van der Waals surface area contributed by atoms with E-state index in [-0.39, 0.29) is 4.75 Å². The molecule has 1 rings (SSSR count). The van der Waals surface area contributed by atoms with Gasteiger partial charge in [-0.05, 0) is 51.1 Å². The van der Waals surface area contributed by atoms with Crippen LogP contribution in [-0.4, -0.2) is 46.6 Å². The maximum Gasteiger partial charge on any atom is 0.155 e. The van der Waals surface area contributed by atoms with Crippen molar-refractivity contribution in [3.63, 3.8) is 0 Å². The van der Waals surface area contributed by atoms with Crippen molar-refractivity contribution in [2.45, 2.75) is 37.9 Å². The Bertz CT molecular complexity index is 260. The number of nitrogens with two attached hydrogens (primary N) is 1. The Morgan fingerprint density at radius 3 is 2.47 bits per heavy atom. The number of thioether (sulfide) groups is 1. The summed E-state index contributed by atoms with van der Waals surface area (Å²) in [5.74, 6) is 1.14. The van der Waals surface area contributed by atoms with E-state index in [9.17, 15) is 0 Å². The van der Waals surface area contributed by atoms with E-state index >= 15 is 0 Å². The highest BCUT2D eigenvalue weighted by Crippen LogP contribution is 2.34. The van der Waals surface area contributed by atoms with Gasteiger partial charge in [-0.1, -0.05) is 19.0 Å². The average Bonchev–Trinajstić information content (AvgIpc) is 2.36. The zero-order valence-corrected chi connectivity index (χ0v) is 12.0. The third-order valence-corrected chi connectivity index (χ3v) is 5.05. The molecule has 100 valence electrons. The van der Waals surface area contributed by atoms with Crippen LogP contribution in [0.15, 0.2) is 5.16 Å². The highest BCUT2D eigenvalue weighted by Gasteiger charge is 2.37. The molecule has 0 aromatic carbocycles. The number of hydrogen-bond acceptors (Lipinski definition) is 4. The molecule has 1 aliphatic heterocycles.